The summed E-state index contributed by atoms with van der Waals surface area (Å²) in [5, 5.41) is 12.3. The van der Waals surface area contributed by atoms with Gasteiger partial charge in [-0.15, -0.1) is 0 Å². The minimum absolute atomic E-state index is 0.563. The molecule has 0 bridgehead atoms. The summed E-state index contributed by atoms with van der Waals surface area (Å²) < 4.78 is 6.51. The monoisotopic (exact) mass is 194 g/mol. The Labute approximate surface area is 81.3 Å². The van der Waals surface area contributed by atoms with E-state index in [0.29, 0.717) is 18.7 Å². The van der Waals surface area contributed by atoms with Crippen molar-refractivity contribution < 1.29 is 14.6 Å². The molecule has 1 rings (SSSR count). The highest BCUT2D eigenvalue weighted by molar-refractivity contribution is 5.87. The summed E-state index contributed by atoms with van der Waals surface area (Å²) in [7, 11) is 1.61. The molecule has 0 amide bonds. The fourth-order valence-electron chi connectivity index (χ4n) is 0.861. The van der Waals surface area contributed by atoms with Crippen LogP contribution < -0.4 is 0 Å². The van der Waals surface area contributed by atoms with E-state index in [2.05, 4.69) is 11.0 Å². The first kappa shape index (κ1) is 10.3. The van der Waals surface area contributed by atoms with Gasteiger partial charge in [0.2, 0.25) is 0 Å². The molecular weight excluding hydrogens is 184 g/mol. The molecule has 0 aliphatic carbocycles. The van der Waals surface area contributed by atoms with Crippen molar-refractivity contribution in [3.63, 3.8) is 0 Å². The normalized spacial score (nSPS) is 9.21. The van der Waals surface area contributed by atoms with E-state index >= 15 is 0 Å². The van der Waals surface area contributed by atoms with Gasteiger partial charge >= 0.3 is 5.97 Å². The van der Waals surface area contributed by atoms with E-state index in [1.807, 2.05) is 5.92 Å². The SMILES string of the molecule is COCCn1cc(C#CC(=O)O)cn1. The molecule has 0 spiro atoms. The third-order valence-corrected chi connectivity index (χ3v) is 1.47. The molecule has 0 aliphatic heterocycles. The van der Waals surface area contributed by atoms with E-state index in [9.17, 15) is 4.79 Å². The lowest BCUT2D eigenvalue weighted by Gasteiger charge is -1.97. The largest absolute Gasteiger partial charge is 0.472 e. The number of nitrogens with zero attached hydrogens (tertiary/aromatic N) is 2. The number of ether oxygens (including phenoxy) is 1. The Balaban J connectivity index is 2.60. The van der Waals surface area contributed by atoms with Gasteiger partial charge in [-0.1, -0.05) is 5.92 Å². The Bertz CT molecular complexity index is 373. The van der Waals surface area contributed by atoms with Crippen molar-refractivity contribution >= 4 is 5.97 Å². The molecule has 0 saturated heterocycles. The van der Waals surface area contributed by atoms with E-state index in [1.54, 1.807) is 18.0 Å². The molecule has 0 unspecified atom stereocenters. The number of carbonyl (C=O) groups is 1. The molecule has 0 radical (unpaired) electrons. The second-order valence-electron chi connectivity index (χ2n) is 2.54. The molecule has 0 saturated carbocycles. The van der Waals surface area contributed by atoms with E-state index in [1.165, 1.54) is 6.20 Å². The maximum Gasteiger partial charge on any atom is 0.382 e. The molecule has 0 aromatic carbocycles. The van der Waals surface area contributed by atoms with Crippen molar-refractivity contribution in [2.75, 3.05) is 13.7 Å². The van der Waals surface area contributed by atoms with Crippen LogP contribution in [0, 0.1) is 11.8 Å². The molecule has 0 atom stereocenters. The lowest BCUT2D eigenvalue weighted by atomic mass is 10.4. The fraction of sp³-hybridized carbons (Fsp3) is 0.333. The van der Waals surface area contributed by atoms with Crippen molar-refractivity contribution in [1.82, 2.24) is 9.78 Å². The molecule has 1 heterocycles. The van der Waals surface area contributed by atoms with E-state index in [-0.39, 0.29) is 0 Å². The maximum atomic E-state index is 10.1. The summed E-state index contributed by atoms with van der Waals surface area (Å²) in [4.78, 5) is 10.1. The van der Waals surface area contributed by atoms with Crippen LogP contribution in [-0.4, -0.2) is 34.6 Å². The quantitative estimate of drug-likeness (QED) is 0.686. The number of hydrogen-bond acceptors (Lipinski definition) is 3. The molecule has 1 N–H and O–H groups in total. The Kier molecular flexibility index (Phi) is 3.70. The highest BCUT2D eigenvalue weighted by atomic mass is 16.5. The zero-order valence-corrected chi connectivity index (χ0v) is 7.73. The van der Waals surface area contributed by atoms with Crippen molar-refractivity contribution in [1.29, 1.82) is 0 Å². The minimum atomic E-state index is -1.14. The molecule has 1 aromatic rings. The molecule has 0 fully saturated rings. The van der Waals surface area contributed by atoms with Crippen molar-refractivity contribution in [3.8, 4) is 11.8 Å². The highest BCUT2D eigenvalue weighted by Crippen LogP contribution is 1.94. The van der Waals surface area contributed by atoms with Crippen LogP contribution in [0.2, 0.25) is 0 Å². The molecule has 5 nitrogen and oxygen atoms in total. The predicted octanol–water partition coefficient (Wildman–Crippen LogP) is -0.0344. The number of carboxylic acids is 1. The fourth-order valence-corrected chi connectivity index (χ4v) is 0.861. The molecule has 74 valence electrons. The zero-order valence-electron chi connectivity index (χ0n) is 7.73. The smallest absolute Gasteiger partial charge is 0.382 e. The molecule has 0 aliphatic rings. The number of hydrogen-bond donors (Lipinski definition) is 1. The summed E-state index contributed by atoms with van der Waals surface area (Å²) in [5.41, 5.74) is 0.587. The van der Waals surface area contributed by atoms with Gasteiger partial charge in [-0.2, -0.15) is 5.10 Å². The first-order valence-corrected chi connectivity index (χ1v) is 3.98. The van der Waals surface area contributed by atoms with Gasteiger partial charge in [-0.3, -0.25) is 4.68 Å². The van der Waals surface area contributed by atoms with Crippen LogP contribution in [0.1, 0.15) is 5.56 Å². The summed E-state index contributed by atoms with van der Waals surface area (Å²) >= 11 is 0. The molecule has 5 heteroatoms. The van der Waals surface area contributed by atoms with Crippen LogP contribution in [0.3, 0.4) is 0 Å². The second kappa shape index (κ2) is 5.04. The van der Waals surface area contributed by atoms with Gasteiger partial charge in [-0.05, 0) is 0 Å². The van der Waals surface area contributed by atoms with Crippen LogP contribution >= 0.6 is 0 Å². The highest BCUT2D eigenvalue weighted by Gasteiger charge is 1.95. The van der Waals surface area contributed by atoms with Crippen LogP contribution in [0.25, 0.3) is 0 Å². The Morgan fingerprint density at radius 1 is 1.79 bits per heavy atom. The first-order valence-electron chi connectivity index (χ1n) is 3.98. The maximum absolute atomic E-state index is 10.1. The number of aliphatic carboxylic acids is 1. The van der Waals surface area contributed by atoms with Gasteiger partial charge < -0.3 is 9.84 Å². The van der Waals surface area contributed by atoms with Crippen molar-refractivity contribution in [3.05, 3.63) is 18.0 Å². The molecule has 1 aromatic heterocycles. The van der Waals surface area contributed by atoms with Gasteiger partial charge in [0.15, 0.2) is 0 Å². The third kappa shape index (κ3) is 3.29. The number of carboxylic acid groups (broad SMARTS) is 1. The average Bonchev–Trinajstić information content (AvgIpc) is 2.59. The number of methoxy groups -OCH3 is 1. The zero-order chi connectivity index (χ0) is 10.4. The van der Waals surface area contributed by atoms with Gasteiger partial charge in [0, 0.05) is 19.2 Å². The van der Waals surface area contributed by atoms with Gasteiger partial charge in [-0.25, -0.2) is 4.79 Å². The second-order valence-corrected chi connectivity index (χ2v) is 2.54. The number of aromatic nitrogens is 2. The average molecular weight is 194 g/mol. The van der Waals surface area contributed by atoms with Crippen LogP contribution in [0.15, 0.2) is 12.4 Å². The summed E-state index contributed by atoms with van der Waals surface area (Å²) in [6.45, 7) is 1.19. The van der Waals surface area contributed by atoms with Gasteiger partial charge in [0.1, 0.15) is 0 Å². The minimum Gasteiger partial charge on any atom is -0.472 e. The van der Waals surface area contributed by atoms with E-state index in [0.717, 1.165) is 0 Å². The number of rotatable bonds is 3. The third-order valence-electron chi connectivity index (χ3n) is 1.47. The molecular formula is C9H10N2O3. The summed E-state index contributed by atoms with van der Waals surface area (Å²) in [5.74, 6) is 3.34. The van der Waals surface area contributed by atoms with E-state index in [4.69, 9.17) is 9.84 Å². The predicted molar refractivity (Wildman–Crippen MR) is 48.6 cm³/mol. The topological polar surface area (TPSA) is 64.3 Å². The van der Waals surface area contributed by atoms with Crippen molar-refractivity contribution in [2.24, 2.45) is 0 Å². The first-order chi connectivity index (χ1) is 6.72. The van der Waals surface area contributed by atoms with Crippen LogP contribution in [0.4, 0.5) is 0 Å². The Morgan fingerprint density at radius 3 is 3.21 bits per heavy atom. The van der Waals surface area contributed by atoms with Crippen LogP contribution in [0.5, 0.6) is 0 Å². The standard InChI is InChI=1S/C9H10N2O3/c1-14-5-4-11-7-8(6-10-11)2-3-9(12)13/h6-7H,4-5H2,1H3,(H,12,13). The summed E-state index contributed by atoms with van der Waals surface area (Å²) in [6.07, 6.45) is 3.20. The van der Waals surface area contributed by atoms with E-state index < -0.39 is 5.97 Å². The van der Waals surface area contributed by atoms with Gasteiger partial charge in [0.25, 0.3) is 0 Å². The molecule has 14 heavy (non-hydrogen) atoms. The lowest BCUT2D eigenvalue weighted by molar-refractivity contribution is -0.130. The van der Waals surface area contributed by atoms with Crippen LogP contribution in [-0.2, 0) is 16.1 Å². The van der Waals surface area contributed by atoms with Crippen molar-refractivity contribution in [2.45, 2.75) is 6.54 Å². The van der Waals surface area contributed by atoms with Gasteiger partial charge in [0.05, 0.1) is 24.9 Å². The Morgan fingerprint density at radius 2 is 2.57 bits per heavy atom. The Hall–Kier alpha value is -1.80. The lowest BCUT2D eigenvalue weighted by Crippen LogP contribution is -2.03. The summed E-state index contributed by atoms with van der Waals surface area (Å²) in [6, 6.07) is 0.